The van der Waals surface area contributed by atoms with Crippen molar-refractivity contribution in [3.8, 4) is 22.5 Å². The second kappa shape index (κ2) is 14.8. The molecule has 242 valence electrons. The van der Waals surface area contributed by atoms with Gasteiger partial charge in [-0.2, -0.15) is 26.3 Å². The topological polar surface area (TPSA) is 162 Å². The van der Waals surface area contributed by atoms with Crippen LogP contribution >= 0.6 is 0 Å². The zero-order chi connectivity index (χ0) is 33.4. The molecule has 0 radical (unpaired) electrons. The monoisotopic (exact) mass is 644 g/mol. The molecule has 5 rings (SSSR count). The van der Waals surface area contributed by atoms with E-state index in [-0.39, 0.29) is 11.7 Å². The number of carbonyl (C=O) groups is 4. The number of H-pyrrole nitrogens is 1. The Morgan fingerprint density at radius 2 is 1.53 bits per heavy atom. The summed E-state index contributed by atoms with van der Waals surface area (Å²) >= 11 is 0. The van der Waals surface area contributed by atoms with E-state index in [0.29, 0.717) is 37.4 Å². The number of carboxylic acids is 2. The van der Waals surface area contributed by atoms with Crippen LogP contribution in [0.5, 0.6) is 0 Å². The van der Waals surface area contributed by atoms with Gasteiger partial charge in [-0.3, -0.25) is 19.5 Å². The maximum atomic E-state index is 12.8. The second-order valence-corrected chi connectivity index (χ2v) is 9.51. The molecule has 4 heterocycles. The van der Waals surface area contributed by atoms with E-state index in [2.05, 4.69) is 20.2 Å². The van der Waals surface area contributed by atoms with Gasteiger partial charge in [0.2, 0.25) is 0 Å². The van der Waals surface area contributed by atoms with Gasteiger partial charge in [0.05, 0.1) is 31.0 Å². The summed E-state index contributed by atoms with van der Waals surface area (Å²) in [4.78, 5) is 52.7. The highest BCUT2D eigenvalue weighted by atomic mass is 19.4. The van der Waals surface area contributed by atoms with Crippen LogP contribution in [-0.2, 0) is 20.7 Å². The summed E-state index contributed by atoms with van der Waals surface area (Å²) in [7, 11) is 0. The Labute approximate surface area is 250 Å². The molecule has 1 amide bonds. The number of rotatable bonds is 5. The Morgan fingerprint density at radius 3 is 2.11 bits per heavy atom. The lowest BCUT2D eigenvalue weighted by Gasteiger charge is -2.25. The molecular weight excluding hydrogens is 618 g/mol. The summed E-state index contributed by atoms with van der Waals surface area (Å²) in [5, 5.41) is 17.1. The first-order valence-corrected chi connectivity index (χ1v) is 13.1. The number of hydrogen-bond acceptors (Lipinski definition) is 7. The fourth-order valence-electron chi connectivity index (χ4n) is 4.11. The lowest BCUT2D eigenvalue weighted by molar-refractivity contribution is -0.193. The van der Waals surface area contributed by atoms with Crippen molar-refractivity contribution in [3.05, 3.63) is 65.5 Å². The highest BCUT2D eigenvalue weighted by Gasteiger charge is 2.38. The molecule has 0 atom stereocenters. The molecule has 0 saturated carbocycles. The van der Waals surface area contributed by atoms with Crippen LogP contribution in [0.1, 0.15) is 26.4 Å². The number of alkyl halides is 6. The molecule has 17 heteroatoms. The number of nitrogens with one attached hydrogen (secondary N) is 2. The van der Waals surface area contributed by atoms with Gasteiger partial charge in [0.15, 0.2) is 5.78 Å². The van der Waals surface area contributed by atoms with Crippen molar-refractivity contribution in [2.24, 2.45) is 0 Å². The molecule has 0 bridgehead atoms. The molecule has 0 unspecified atom stereocenters. The van der Waals surface area contributed by atoms with Gasteiger partial charge in [0.1, 0.15) is 0 Å². The minimum Gasteiger partial charge on any atom is -0.475 e. The summed E-state index contributed by atoms with van der Waals surface area (Å²) < 4.78 is 68.8. The van der Waals surface area contributed by atoms with Gasteiger partial charge in [0, 0.05) is 60.3 Å². The number of aliphatic carboxylic acids is 2. The van der Waals surface area contributed by atoms with Crippen LogP contribution < -0.4 is 5.32 Å². The minimum atomic E-state index is -5.08. The number of halogens is 6. The van der Waals surface area contributed by atoms with Crippen molar-refractivity contribution < 1.29 is 60.5 Å². The fourth-order valence-corrected chi connectivity index (χ4v) is 4.11. The minimum absolute atomic E-state index is 0.0375. The zero-order valence-corrected chi connectivity index (χ0v) is 23.2. The third-order valence-corrected chi connectivity index (χ3v) is 6.31. The number of Topliss-reactive ketones (excluding diaryl/α,β-unsaturated/α-hetero) is 1. The van der Waals surface area contributed by atoms with Crippen LogP contribution in [0.25, 0.3) is 22.5 Å². The van der Waals surface area contributed by atoms with E-state index in [4.69, 9.17) is 24.5 Å². The molecule has 2 aliphatic heterocycles. The summed E-state index contributed by atoms with van der Waals surface area (Å²) in [5.41, 5.74) is 5.88. The number of aromatic amines is 1. The van der Waals surface area contributed by atoms with Crippen molar-refractivity contribution in [1.82, 2.24) is 20.2 Å². The number of ether oxygens (including phenoxy) is 1. The van der Waals surface area contributed by atoms with Crippen LogP contribution in [-0.4, -0.2) is 100 Å². The Bertz CT molecular complexity index is 1510. The van der Waals surface area contributed by atoms with E-state index in [0.717, 1.165) is 47.7 Å². The number of nitrogens with zero attached hydrogens (tertiary/aromatic N) is 2. The molecule has 1 saturated heterocycles. The highest BCUT2D eigenvalue weighted by Crippen LogP contribution is 2.27. The van der Waals surface area contributed by atoms with Gasteiger partial charge in [-0.05, 0) is 24.3 Å². The molecular formula is C28H26F6N4O7. The predicted molar refractivity (Wildman–Crippen MR) is 144 cm³/mol. The molecule has 0 aliphatic carbocycles. The van der Waals surface area contributed by atoms with E-state index >= 15 is 0 Å². The van der Waals surface area contributed by atoms with Crippen LogP contribution in [0.4, 0.5) is 26.3 Å². The SMILES string of the molecule is O=C(CN1CCOCC1)c1cccc(-c2cc(-c3cc4c([nH]3)CCNC4=O)ccn2)c1.O=C(O)C(F)(F)F.O=C(O)C(F)(F)F. The first kappa shape index (κ1) is 34.7. The number of aromatic nitrogens is 2. The largest absolute Gasteiger partial charge is 0.490 e. The summed E-state index contributed by atoms with van der Waals surface area (Å²) in [6.45, 7) is 3.97. The second-order valence-electron chi connectivity index (χ2n) is 9.51. The Kier molecular flexibility index (Phi) is 11.4. The number of fused-ring (bicyclic) bond motifs is 1. The smallest absolute Gasteiger partial charge is 0.475 e. The Hall–Kier alpha value is -4.77. The summed E-state index contributed by atoms with van der Waals surface area (Å²) in [6, 6.07) is 13.4. The van der Waals surface area contributed by atoms with Crippen molar-refractivity contribution >= 4 is 23.6 Å². The maximum absolute atomic E-state index is 12.8. The lowest BCUT2D eigenvalue weighted by Crippen LogP contribution is -2.39. The molecule has 4 N–H and O–H groups in total. The molecule has 45 heavy (non-hydrogen) atoms. The van der Waals surface area contributed by atoms with Crippen LogP contribution in [0, 0.1) is 0 Å². The molecule has 1 fully saturated rings. The van der Waals surface area contributed by atoms with E-state index in [1.54, 1.807) is 6.20 Å². The van der Waals surface area contributed by atoms with Crippen LogP contribution in [0.3, 0.4) is 0 Å². The number of carboxylic acid groups (broad SMARTS) is 2. The van der Waals surface area contributed by atoms with Crippen molar-refractivity contribution in [2.75, 3.05) is 39.4 Å². The van der Waals surface area contributed by atoms with Gasteiger partial charge in [-0.15, -0.1) is 0 Å². The lowest BCUT2D eigenvalue weighted by atomic mass is 10.0. The Balaban J connectivity index is 0.000000331. The summed E-state index contributed by atoms with van der Waals surface area (Å²) in [5.74, 6) is -5.45. The fraction of sp³-hybridized carbons (Fsp3) is 0.321. The number of morpholine rings is 1. The molecule has 0 spiro atoms. The average Bonchev–Trinajstić information content (AvgIpc) is 3.44. The van der Waals surface area contributed by atoms with E-state index < -0.39 is 24.3 Å². The van der Waals surface area contributed by atoms with E-state index in [1.807, 2.05) is 42.5 Å². The third-order valence-electron chi connectivity index (χ3n) is 6.31. The number of carbonyl (C=O) groups excluding carboxylic acids is 2. The molecule has 2 aromatic heterocycles. The third kappa shape index (κ3) is 10.1. The van der Waals surface area contributed by atoms with Crippen molar-refractivity contribution in [2.45, 2.75) is 18.8 Å². The first-order chi connectivity index (χ1) is 21.1. The molecule has 3 aromatic rings. The average molecular weight is 645 g/mol. The maximum Gasteiger partial charge on any atom is 0.490 e. The standard InChI is InChI=1S/C24H24N4O3.2C2HF3O2/c29-23(15-28-8-10-31-11-9-28)18-3-1-2-16(12-18)21-13-17(4-6-25-21)22-14-19-20(27-22)5-7-26-24(19)30;2*3-2(4,5)1(6)7/h1-4,6,12-14,27H,5,7-11,15H2,(H,26,30);2*(H,6,7). The number of hydrogen-bond donors (Lipinski definition) is 4. The number of benzene rings is 1. The van der Waals surface area contributed by atoms with Gasteiger partial charge in [0.25, 0.3) is 5.91 Å². The van der Waals surface area contributed by atoms with Gasteiger partial charge in [-0.25, -0.2) is 9.59 Å². The van der Waals surface area contributed by atoms with Gasteiger partial charge in [-0.1, -0.05) is 18.2 Å². The summed E-state index contributed by atoms with van der Waals surface area (Å²) in [6.07, 6.45) is -7.61. The zero-order valence-electron chi connectivity index (χ0n) is 23.2. The van der Waals surface area contributed by atoms with Crippen molar-refractivity contribution in [3.63, 3.8) is 0 Å². The van der Waals surface area contributed by atoms with Crippen LogP contribution in [0.15, 0.2) is 48.7 Å². The van der Waals surface area contributed by atoms with E-state index in [1.165, 1.54) is 0 Å². The predicted octanol–water partition coefficient (Wildman–Crippen LogP) is 3.81. The van der Waals surface area contributed by atoms with Gasteiger partial charge < -0.3 is 25.3 Å². The van der Waals surface area contributed by atoms with Crippen LogP contribution in [0.2, 0.25) is 0 Å². The Morgan fingerprint density at radius 1 is 0.911 bits per heavy atom. The molecule has 2 aliphatic rings. The quantitative estimate of drug-likeness (QED) is 0.239. The molecule has 1 aromatic carbocycles. The number of pyridine rings is 1. The first-order valence-electron chi connectivity index (χ1n) is 13.1. The normalized spacial score (nSPS) is 14.9. The van der Waals surface area contributed by atoms with Gasteiger partial charge >= 0.3 is 24.3 Å². The highest BCUT2D eigenvalue weighted by molar-refractivity contribution is 5.99. The number of amides is 1. The van der Waals surface area contributed by atoms with Crippen molar-refractivity contribution in [1.29, 1.82) is 0 Å². The van der Waals surface area contributed by atoms with E-state index in [9.17, 15) is 35.9 Å². The molecule has 11 nitrogen and oxygen atoms in total. The number of ketones is 1.